The summed E-state index contributed by atoms with van der Waals surface area (Å²) < 4.78 is 20.0. The molecule has 1 aromatic heterocycles. The minimum Gasteiger partial charge on any atom is -0.497 e. The van der Waals surface area contributed by atoms with Crippen LogP contribution in [0.4, 0.5) is 4.39 Å². The monoisotopic (exact) mass is 378 g/mol. The van der Waals surface area contributed by atoms with Crippen LogP contribution in [0, 0.1) is 12.7 Å². The van der Waals surface area contributed by atoms with E-state index in [1.807, 2.05) is 0 Å². The van der Waals surface area contributed by atoms with Gasteiger partial charge >= 0.3 is 0 Å². The van der Waals surface area contributed by atoms with Crippen LogP contribution >= 0.6 is 23.2 Å². The van der Waals surface area contributed by atoms with Crippen molar-refractivity contribution >= 4 is 23.2 Å². The number of benzene rings is 2. The first-order chi connectivity index (χ1) is 11.9. The van der Waals surface area contributed by atoms with E-state index in [2.05, 4.69) is 5.10 Å². The Labute approximate surface area is 153 Å². The van der Waals surface area contributed by atoms with Crippen LogP contribution in [0.15, 0.2) is 47.3 Å². The third-order valence-electron chi connectivity index (χ3n) is 3.70. The van der Waals surface area contributed by atoms with E-state index < -0.39 is 11.2 Å². The van der Waals surface area contributed by atoms with Crippen molar-refractivity contribution in [2.45, 2.75) is 6.92 Å². The molecule has 0 aliphatic heterocycles. The van der Waals surface area contributed by atoms with Crippen molar-refractivity contribution in [1.29, 1.82) is 0 Å². The summed E-state index contributed by atoms with van der Waals surface area (Å²) in [4.78, 5) is 12.3. The fourth-order valence-corrected chi connectivity index (χ4v) is 2.94. The van der Waals surface area contributed by atoms with Gasteiger partial charge in [-0.3, -0.25) is 4.79 Å². The van der Waals surface area contributed by atoms with Crippen molar-refractivity contribution in [3.63, 3.8) is 0 Å². The Kier molecular flexibility index (Phi) is 4.79. The number of aromatic nitrogens is 2. The van der Waals surface area contributed by atoms with E-state index in [-0.39, 0.29) is 10.7 Å². The van der Waals surface area contributed by atoms with Crippen LogP contribution in [0.2, 0.25) is 10.0 Å². The molecule has 0 saturated carbocycles. The summed E-state index contributed by atoms with van der Waals surface area (Å²) in [7, 11) is 1.53. The van der Waals surface area contributed by atoms with Gasteiger partial charge in [-0.25, -0.2) is 9.07 Å². The molecule has 0 saturated heterocycles. The lowest BCUT2D eigenvalue weighted by Gasteiger charge is -2.17. The molecule has 0 aliphatic carbocycles. The van der Waals surface area contributed by atoms with Crippen LogP contribution in [0.1, 0.15) is 5.69 Å². The molecule has 3 aromatic rings. The minimum absolute atomic E-state index is 0.0157. The van der Waals surface area contributed by atoms with E-state index >= 15 is 0 Å². The quantitative estimate of drug-likeness (QED) is 0.665. The average molecular weight is 379 g/mol. The van der Waals surface area contributed by atoms with E-state index in [1.54, 1.807) is 25.1 Å². The molecule has 0 spiro atoms. The van der Waals surface area contributed by atoms with E-state index in [0.29, 0.717) is 27.7 Å². The van der Waals surface area contributed by atoms with Gasteiger partial charge in [0.25, 0.3) is 0 Å². The van der Waals surface area contributed by atoms with Gasteiger partial charge in [-0.2, -0.15) is 5.10 Å². The van der Waals surface area contributed by atoms with E-state index in [1.165, 1.54) is 36.1 Å². The van der Waals surface area contributed by atoms with Gasteiger partial charge in [-0.1, -0.05) is 23.2 Å². The fourth-order valence-electron chi connectivity index (χ4n) is 2.42. The summed E-state index contributed by atoms with van der Waals surface area (Å²) in [6.45, 7) is 1.56. The van der Waals surface area contributed by atoms with Crippen LogP contribution in [-0.2, 0) is 0 Å². The lowest BCUT2D eigenvalue weighted by atomic mass is 10.1. The lowest BCUT2D eigenvalue weighted by molar-refractivity contribution is 0.414. The van der Waals surface area contributed by atoms with Crippen LogP contribution in [-0.4, -0.2) is 16.9 Å². The van der Waals surface area contributed by atoms with Gasteiger partial charge in [0.2, 0.25) is 5.43 Å². The highest BCUT2D eigenvalue weighted by Crippen LogP contribution is 2.32. The number of ether oxygens (including phenoxy) is 1. The normalized spacial score (nSPS) is 10.8. The second-order valence-corrected chi connectivity index (χ2v) is 6.10. The molecule has 0 bridgehead atoms. The number of aryl methyl sites for hydroxylation is 1. The van der Waals surface area contributed by atoms with Gasteiger partial charge in [-0.15, -0.1) is 0 Å². The van der Waals surface area contributed by atoms with E-state index in [4.69, 9.17) is 27.9 Å². The molecule has 0 fully saturated rings. The zero-order valence-electron chi connectivity index (χ0n) is 13.4. The van der Waals surface area contributed by atoms with Crippen molar-refractivity contribution in [1.82, 2.24) is 9.78 Å². The molecular formula is C18H13Cl2FN2O2. The maximum Gasteiger partial charge on any atom is 0.222 e. The highest BCUT2D eigenvalue weighted by molar-refractivity contribution is 6.33. The van der Waals surface area contributed by atoms with Gasteiger partial charge in [0.05, 0.1) is 23.5 Å². The molecule has 128 valence electrons. The number of methoxy groups -OCH3 is 1. The zero-order chi connectivity index (χ0) is 18.1. The number of nitrogens with zero attached hydrogens (tertiary/aromatic N) is 2. The fraction of sp³-hybridized carbons (Fsp3) is 0.111. The summed E-state index contributed by atoms with van der Waals surface area (Å²) in [5, 5.41) is 4.71. The van der Waals surface area contributed by atoms with Crippen molar-refractivity contribution < 1.29 is 9.13 Å². The smallest absolute Gasteiger partial charge is 0.222 e. The molecule has 1 heterocycles. The summed E-state index contributed by atoms with van der Waals surface area (Å²) in [5.74, 6) is 0.173. The molecule has 0 amide bonds. The predicted octanol–water partition coefficient (Wildman–Crippen LogP) is 4.66. The topological polar surface area (TPSA) is 44.1 Å². The molecular weight excluding hydrogens is 366 g/mol. The molecule has 4 nitrogen and oxygen atoms in total. The Morgan fingerprint density at radius 2 is 1.80 bits per heavy atom. The van der Waals surface area contributed by atoms with Gasteiger partial charge in [0, 0.05) is 11.6 Å². The second-order valence-electron chi connectivity index (χ2n) is 5.31. The Hall–Kier alpha value is -2.37. The molecule has 0 atom stereocenters. The Morgan fingerprint density at radius 1 is 1.12 bits per heavy atom. The molecule has 0 aliphatic rings. The molecule has 25 heavy (non-hydrogen) atoms. The maximum atomic E-state index is 13.3. The van der Waals surface area contributed by atoms with Crippen molar-refractivity contribution in [2.24, 2.45) is 0 Å². The molecule has 0 unspecified atom stereocenters. The lowest BCUT2D eigenvalue weighted by Crippen LogP contribution is -2.18. The summed E-state index contributed by atoms with van der Waals surface area (Å²) in [6, 6.07) is 10.7. The molecule has 0 radical (unpaired) electrons. The van der Waals surface area contributed by atoms with E-state index in [9.17, 15) is 9.18 Å². The molecule has 0 N–H and O–H groups in total. The molecule has 3 rings (SSSR count). The zero-order valence-corrected chi connectivity index (χ0v) is 14.9. The average Bonchev–Trinajstić information content (AvgIpc) is 2.61. The highest BCUT2D eigenvalue weighted by atomic mass is 35.5. The third kappa shape index (κ3) is 3.25. The molecule has 7 heteroatoms. The van der Waals surface area contributed by atoms with Crippen LogP contribution < -0.4 is 10.2 Å². The number of hydrogen-bond acceptors (Lipinski definition) is 3. The van der Waals surface area contributed by atoms with Crippen molar-refractivity contribution in [3.05, 3.63) is 74.2 Å². The first-order valence-electron chi connectivity index (χ1n) is 7.31. The third-order valence-corrected chi connectivity index (χ3v) is 4.37. The first-order valence-corrected chi connectivity index (χ1v) is 8.07. The standard InChI is InChI=1S/C18H13Cl2FN2O2/c1-10-18(24)16(20)17(11-3-5-12(21)6-4-11)23(22-10)15-9-13(25-2)7-8-14(15)19/h3-9H,1-2H3. The van der Waals surface area contributed by atoms with Crippen LogP contribution in [0.5, 0.6) is 5.75 Å². The van der Waals surface area contributed by atoms with E-state index in [0.717, 1.165) is 0 Å². The van der Waals surface area contributed by atoms with Gasteiger partial charge in [-0.05, 0) is 43.3 Å². The summed E-state index contributed by atoms with van der Waals surface area (Å²) in [6.07, 6.45) is 0. The molecule has 2 aromatic carbocycles. The van der Waals surface area contributed by atoms with Crippen LogP contribution in [0.25, 0.3) is 16.9 Å². The Balaban J connectivity index is 2.37. The highest BCUT2D eigenvalue weighted by Gasteiger charge is 2.19. The summed E-state index contributed by atoms with van der Waals surface area (Å²) >= 11 is 12.6. The largest absolute Gasteiger partial charge is 0.497 e. The second kappa shape index (κ2) is 6.86. The predicted molar refractivity (Wildman–Crippen MR) is 96.5 cm³/mol. The SMILES string of the molecule is COc1ccc(Cl)c(-n2nc(C)c(=O)c(Cl)c2-c2ccc(F)cc2)c1. The van der Waals surface area contributed by atoms with Crippen LogP contribution in [0.3, 0.4) is 0 Å². The van der Waals surface area contributed by atoms with Gasteiger partial charge in [0.1, 0.15) is 22.3 Å². The van der Waals surface area contributed by atoms with Crippen molar-refractivity contribution in [2.75, 3.05) is 7.11 Å². The number of rotatable bonds is 3. The van der Waals surface area contributed by atoms with Gasteiger partial charge < -0.3 is 4.74 Å². The van der Waals surface area contributed by atoms with Gasteiger partial charge in [0.15, 0.2) is 0 Å². The Bertz CT molecular complexity index is 1000. The maximum absolute atomic E-state index is 13.3. The number of hydrogen-bond donors (Lipinski definition) is 0. The first kappa shape index (κ1) is 17.5. The summed E-state index contributed by atoms with van der Waals surface area (Å²) in [5.41, 5.74) is 1.18. The Morgan fingerprint density at radius 3 is 2.44 bits per heavy atom. The number of halogens is 3. The minimum atomic E-state index is -0.395. The van der Waals surface area contributed by atoms with Crippen molar-refractivity contribution in [3.8, 4) is 22.7 Å².